The maximum Gasteiger partial charge on any atom is 0.204 e. The lowest BCUT2D eigenvalue weighted by atomic mass is 10.1. The zero-order valence-electron chi connectivity index (χ0n) is 23.3. The summed E-state index contributed by atoms with van der Waals surface area (Å²) in [5.41, 5.74) is 13.3. The van der Waals surface area contributed by atoms with Crippen molar-refractivity contribution in [2.75, 3.05) is 51.5 Å². The van der Waals surface area contributed by atoms with Gasteiger partial charge in [0.2, 0.25) is 5.88 Å². The summed E-state index contributed by atoms with van der Waals surface area (Å²) in [5.74, 6) is 2.53. The molecule has 2 heterocycles. The van der Waals surface area contributed by atoms with Crippen LogP contribution in [0.2, 0.25) is 0 Å². The Kier molecular flexibility index (Phi) is 9.97. The summed E-state index contributed by atoms with van der Waals surface area (Å²) in [6, 6.07) is 17.7. The molecule has 0 spiro atoms. The number of hydrogen-bond donors (Lipinski definition) is 2. The van der Waals surface area contributed by atoms with Crippen molar-refractivity contribution in [3.8, 4) is 17.1 Å². The van der Waals surface area contributed by atoms with E-state index >= 15 is 0 Å². The number of methoxy groups -OCH3 is 1. The molecule has 10 nitrogen and oxygen atoms in total. The Bertz CT molecular complexity index is 1400. The lowest BCUT2D eigenvalue weighted by molar-refractivity contribution is 0.101. The highest BCUT2D eigenvalue weighted by Crippen LogP contribution is 2.29. The van der Waals surface area contributed by atoms with Gasteiger partial charge >= 0.3 is 0 Å². The van der Waals surface area contributed by atoms with Gasteiger partial charge in [0.05, 0.1) is 25.1 Å². The highest BCUT2D eigenvalue weighted by molar-refractivity contribution is 7.90. The van der Waals surface area contributed by atoms with Gasteiger partial charge < -0.3 is 20.1 Å². The highest BCUT2D eigenvalue weighted by Gasteiger charge is 2.23. The molecule has 3 aromatic rings. The predicted molar refractivity (Wildman–Crippen MR) is 158 cm³/mol. The zero-order valence-corrected chi connectivity index (χ0v) is 24.2. The van der Waals surface area contributed by atoms with Crippen molar-refractivity contribution >= 4 is 21.7 Å². The number of ether oxygens (including phenoxy) is 2. The average molecular weight is 567 g/mol. The lowest BCUT2D eigenvalue weighted by Crippen LogP contribution is -2.40. The second-order valence-corrected chi connectivity index (χ2v) is 12.2. The number of nitrogens with zero attached hydrogens (tertiary/aromatic N) is 4. The monoisotopic (exact) mass is 566 g/mol. The van der Waals surface area contributed by atoms with Crippen molar-refractivity contribution in [2.45, 2.75) is 26.0 Å². The van der Waals surface area contributed by atoms with E-state index in [0.717, 1.165) is 54.1 Å². The Morgan fingerprint density at radius 2 is 1.80 bits per heavy atom. The van der Waals surface area contributed by atoms with Crippen molar-refractivity contribution in [1.29, 1.82) is 0 Å². The van der Waals surface area contributed by atoms with Gasteiger partial charge in [-0.2, -0.15) is 0 Å². The molecule has 214 valence electrons. The molecule has 0 bridgehead atoms. The fourth-order valence-electron chi connectivity index (χ4n) is 4.27. The molecule has 1 aliphatic rings. The molecule has 1 aliphatic heterocycles. The molecule has 2 aromatic carbocycles. The van der Waals surface area contributed by atoms with Gasteiger partial charge in [-0.25, -0.2) is 23.8 Å². The first-order chi connectivity index (χ1) is 19.2. The maximum absolute atomic E-state index is 11.4. The first-order valence-electron chi connectivity index (χ1n) is 13.3. The van der Waals surface area contributed by atoms with Crippen LogP contribution in [-0.2, 0) is 27.7 Å². The minimum Gasteiger partial charge on any atom is -0.489 e. The van der Waals surface area contributed by atoms with Crippen molar-refractivity contribution < 1.29 is 17.9 Å². The van der Waals surface area contributed by atoms with E-state index in [1.807, 2.05) is 77.6 Å². The average Bonchev–Trinajstić information content (AvgIpc) is 2.95. The topological polar surface area (TPSA) is 123 Å². The second kappa shape index (κ2) is 13.6. The number of hydrogen-bond acceptors (Lipinski definition) is 10. The van der Waals surface area contributed by atoms with E-state index in [1.165, 1.54) is 6.26 Å². The van der Waals surface area contributed by atoms with Gasteiger partial charge in [-0.15, -0.1) is 0 Å². The predicted octanol–water partition coefficient (Wildman–Crippen LogP) is 3.33. The van der Waals surface area contributed by atoms with E-state index < -0.39 is 9.84 Å². The summed E-state index contributed by atoms with van der Waals surface area (Å²) >= 11 is 0. The Morgan fingerprint density at radius 1 is 1.05 bits per heavy atom. The fourth-order valence-corrected chi connectivity index (χ4v) is 4.91. The van der Waals surface area contributed by atoms with Gasteiger partial charge in [-0.1, -0.05) is 30.3 Å². The molecule has 0 radical (unpaired) electrons. The number of aromatic nitrogens is 2. The standard InChI is InChI=1S/C29H38N6O4S/c1-34(17-18-40(3,36)37)16-8-7-15-31-35-20-26-25(19-27(35)38-2)28(30)33-29(32-26)23-11-13-24(14-12-23)39-21-22-9-5-4-6-10-22/h4-6,9-14,19,31H,7-8,15-18,20-21H2,1-3H3,(H2,30,32,33). The van der Waals surface area contributed by atoms with Crippen LogP contribution in [0.15, 0.2) is 60.5 Å². The molecule has 0 amide bonds. The summed E-state index contributed by atoms with van der Waals surface area (Å²) in [6.45, 7) is 3.07. The highest BCUT2D eigenvalue weighted by atomic mass is 32.2. The molecule has 0 atom stereocenters. The van der Waals surface area contributed by atoms with Crippen LogP contribution in [-0.4, -0.2) is 74.1 Å². The third-order valence-corrected chi connectivity index (χ3v) is 7.50. The number of sulfone groups is 1. The molecule has 0 saturated heterocycles. The van der Waals surface area contributed by atoms with Gasteiger partial charge in [-0.3, -0.25) is 5.01 Å². The molecule has 40 heavy (non-hydrogen) atoms. The first kappa shape index (κ1) is 29.3. The molecule has 11 heteroatoms. The molecule has 0 saturated carbocycles. The van der Waals surface area contributed by atoms with Gasteiger partial charge in [-0.05, 0) is 56.3 Å². The third-order valence-electron chi connectivity index (χ3n) is 6.58. The zero-order chi connectivity index (χ0) is 28.5. The Morgan fingerprint density at radius 3 is 2.50 bits per heavy atom. The molecule has 3 N–H and O–H groups in total. The Hall–Kier alpha value is -3.67. The minimum absolute atomic E-state index is 0.177. The molecule has 0 aliphatic carbocycles. The molecule has 4 rings (SSSR count). The molecular formula is C29H38N6O4S. The van der Waals surface area contributed by atoms with Gasteiger partial charge in [0.15, 0.2) is 5.82 Å². The largest absolute Gasteiger partial charge is 0.489 e. The number of nitrogens with one attached hydrogen (secondary N) is 1. The fraction of sp³-hybridized carbons (Fsp3) is 0.379. The second-order valence-electron chi connectivity index (χ2n) is 9.91. The van der Waals surface area contributed by atoms with E-state index in [2.05, 4.69) is 10.4 Å². The summed E-state index contributed by atoms with van der Waals surface area (Å²) in [6.07, 6.45) is 4.97. The van der Waals surface area contributed by atoms with Gasteiger partial charge in [0, 0.05) is 36.5 Å². The van der Waals surface area contributed by atoms with Crippen LogP contribution < -0.4 is 15.9 Å². The SMILES string of the molecule is COC1=Cc2c(N)nc(-c3ccc(OCc4ccccc4)cc3)nc2CN1NCCCCN(C)CCS(C)(=O)=O. The first-order valence-corrected chi connectivity index (χ1v) is 15.3. The van der Waals surface area contributed by atoms with Crippen molar-refractivity contribution in [3.63, 3.8) is 0 Å². The van der Waals surface area contributed by atoms with Crippen molar-refractivity contribution in [3.05, 3.63) is 77.3 Å². The van der Waals surface area contributed by atoms with E-state index in [0.29, 0.717) is 37.2 Å². The van der Waals surface area contributed by atoms with E-state index in [-0.39, 0.29) is 5.75 Å². The van der Waals surface area contributed by atoms with E-state index in [4.69, 9.17) is 20.2 Å². The number of nitrogen functional groups attached to an aromatic ring is 1. The van der Waals surface area contributed by atoms with Crippen molar-refractivity contribution in [1.82, 2.24) is 25.3 Å². The maximum atomic E-state index is 11.4. The number of rotatable bonds is 14. The number of anilines is 1. The van der Waals surface area contributed by atoms with E-state index in [1.54, 1.807) is 7.11 Å². The number of hydrazine groups is 1. The summed E-state index contributed by atoms with van der Waals surface area (Å²) in [4.78, 5) is 11.4. The summed E-state index contributed by atoms with van der Waals surface area (Å²) < 4.78 is 34.2. The summed E-state index contributed by atoms with van der Waals surface area (Å²) in [7, 11) is 0.617. The van der Waals surface area contributed by atoms with Crippen LogP contribution in [0.3, 0.4) is 0 Å². The Labute approximate surface area is 236 Å². The number of nitrogens with two attached hydrogens (primary N) is 1. The summed E-state index contributed by atoms with van der Waals surface area (Å²) in [5, 5.41) is 1.92. The van der Waals surface area contributed by atoms with Crippen molar-refractivity contribution in [2.24, 2.45) is 0 Å². The normalized spacial score (nSPS) is 13.2. The van der Waals surface area contributed by atoms with Gasteiger partial charge in [0.1, 0.15) is 28.0 Å². The smallest absolute Gasteiger partial charge is 0.204 e. The molecule has 1 aromatic heterocycles. The van der Waals surface area contributed by atoms with Crippen LogP contribution in [0.25, 0.3) is 17.5 Å². The lowest BCUT2D eigenvalue weighted by Gasteiger charge is -2.30. The number of fused-ring (bicyclic) bond motifs is 1. The number of benzene rings is 2. The van der Waals surface area contributed by atoms with Crippen LogP contribution in [0.1, 0.15) is 29.7 Å². The van der Waals surface area contributed by atoms with E-state index in [9.17, 15) is 8.42 Å². The number of unbranched alkanes of at least 4 members (excludes halogenated alkanes) is 1. The molecule has 0 unspecified atom stereocenters. The quantitative estimate of drug-likeness (QED) is 0.281. The van der Waals surface area contributed by atoms with Gasteiger partial charge in [0.25, 0.3) is 0 Å². The van der Waals surface area contributed by atoms with Crippen LogP contribution in [0.4, 0.5) is 5.82 Å². The third kappa shape index (κ3) is 8.41. The minimum atomic E-state index is -2.95. The molecule has 0 fully saturated rings. The van der Waals surface area contributed by atoms with Crippen LogP contribution in [0, 0.1) is 0 Å². The molecular weight excluding hydrogens is 528 g/mol. The Balaban J connectivity index is 1.34. The van der Waals surface area contributed by atoms with Crippen LogP contribution >= 0.6 is 0 Å². The van der Waals surface area contributed by atoms with Crippen LogP contribution in [0.5, 0.6) is 5.75 Å².